The zero-order valence-corrected chi connectivity index (χ0v) is 8.42. The Balaban J connectivity index is 2.93. The number of carboxylic acids is 1. The molecule has 13 heavy (non-hydrogen) atoms. The molecule has 3 nitrogen and oxygen atoms in total. The highest BCUT2D eigenvalue weighted by atomic mass is 16.4. The van der Waals surface area contributed by atoms with E-state index >= 15 is 0 Å². The lowest BCUT2D eigenvalue weighted by atomic mass is 9.64. The largest absolute Gasteiger partial charge is 0.481 e. The van der Waals surface area contributed by atoms with Gasteiger partial charge in [-0.15, -0.1) is 0 Å². The number of carbonyl (C=O) groups is 1. The van der Waals surface area contributed by atoms with Crippen molar-refractivity contribution in [3.63, 3.8) is 0 Å². The molecule has 0 radical (unpaired) electrons. The second-order valence-corrected chi connectivity index (χ2v) is 4.35. The van der Waals surface area contributed by atoms with E-state index in [4.69, 9.17) is 5.73 Å². The number of rotatable bonds is 2. The van der Waals surface area contributed by atoms with E-state index in [1.807, 2.05) is 13.8 Å². The van der Waals surface area contributed by atoms with Gasteiger partial charge >= 0.3 is 5.97 Å². The minimum Gasteiger partial charge on any atom is -0.481 e. The van der Waals surface area contributed by atoms with E-state index in [0.29, 0.717) is 0 Å². The van der Waals surface area contributed by atoms with E-state index in [2.05, 4.69) is 0 Å². The molecule has 0 spiro atoms. The predicted molar refractivity (Wildman–Crippen MR) is 51.4 cm³/mol. The highest BCUT2D eigenvalue weighted by Gasteiger charge is 2.47. The van der Waals surface area contributed by atoms with E-state index in [1.54, 1.807) is 0 Å². The van der Waals surface area contributed by atoms with Crippen molar-refractivity contribution in [2.24, 2.45) is 17.1 Å². The van der Waals surface area contributed by atoms with Gasteiger partial charge in [-0.2, -0.15) is 0 Å². The third-order valence-corrected chi connectivity index (χ3v) is 3.45. The van der Waals surface area contributed by atoms with Gasteiger partial charge < -0.3 is 10.8 Å². The molecule has 1 fully saturated rings. The van der Waals surface area contributed by atoms with Gasteiger partial charge in [-0.3, -0.25) is 4.79 Å². The van der Waals surface area contributed by atoms with E-state index in [9.17, 15) is 9.90 Å². The molecule has 0 bridgehead atoms. The molecular weight excluding hydrogens is 166 g/mol. The van der Waals surface area contributed by atoms with Crippen molar-refractivity contribution in [2.75, 3.05) is 0 Å². The highest BCUT2D eigenvalue weighted by molar-refractivity contribution is 5.76. The minimum atomic E-state index is -0.713. The van der Waals surface area contributed by atoms with Crippen molar-refractivity contribution in [1.82, 2.24) is 0 Å². The van der Waals surface area contributed by atoms with Crippen molar-refractivity contribution in [3.05, 3.63) is 0 Å². The zero-order valence-electron chi connectivity index (χ0n) is 8.42. The molecule has 1 rings (SSSR count). The third-order valence-electron chi connectivity index (χ3n) is 3.45. The Bertz CT molecular complexity index is 203. The van der Waals surface area contributed by atoms with Gasteiger partial charge in [0.1, 0.15) is 0 Å². The van der Waals surface area contributed by atoms with Crippen molar-refractivity contribution in [3.8, 4) is 0 Å². The first-order valence-corrected chi connectivity index (χ1v) is 5.00. The van der Waals surface area contributed by atoms with Crippen molar-refractivity contribution >= 4 is 5.97 Å². The molecule has 0 saturated heterocycles. The quantitative estimate of drug-likeness (QED) is 0.687. The fourth-order valence-electron chi connectivity index (χ4n) is 2.45. The Morgan fingerprint density at radius 2 is 2.15 bits per heavy atom. The molecule has 3 N–H and O–H groups in total. The fourth-order valence-corrected chi connectivity index (χ4v) is 2.45. The van der Waals surface area contributed by atoms with E-state index in [1.165, 1.54) is 0 Å². The first kappa shape index (κ1) is 10.5. The van der Waals surface area contributed by atoms with Crippen LogP contribution >= 0.6 is 0 Å². The molecule has 3 heteroatoms. The van der Waals surface area contributed by atoms with Crippen molar-refractivity contribution in [1.29, 1.82) is 0 Å². The van der Waals surface area contributed by atoms with Crippen molar-refractivity contribution in [2.45, 2.75) is 45.6 Å². The van der Waals surface area contributed by atoms with Crippen molar-refractivity contribution < 1.29 is 9.90 Å². The van der Waals surface area contributed by atoms with Gasteiger partial charge in [-0.05, 0) is 18.8 Å². The maximum absolute atomic E-state index is 11.2. The van der Waals surface area contributed by atoms with Gasteiger partial charge in [-0.25, -0.2) is 0 Å². The van der Waals surface area contributed by atoms with Crippen LogP contribution in [0.15, 0.2) is 0 Å². The Labute approximate surface area is 79.3 Å². The van der Waals surface area contributed by atoms with Crippen LogP contribution in [0.1, 0.15) is 39.5 Å². The number of carboxylic acid groups (broad SMARTS) is 1. The lowest BCUT2D eigenvalue weighted by Crippen LogP contribution is -2.52. The van der Waals surface area contributed by atoms with Gasteiger partial charge in [0.2, 0.25) is 0 Å². The number of aliphatic carboxylic acids is 1. The molecular formula is C10H19NO2. The maximum Gasteiger partial charge on any atom is 0.311 e. The average Bonchev–Trinajstić information content (AvgIpc) is 2.04. The molecule has 2 atom stereocenters. The van der Waals surface area contributed by atoms with Crippen LogP contribution in [0.4, 0.5) is 0 Å². The van der Waals surface area contributed by atoms with E-state index in [-0.39, 0.29) is 12.0 Å². The van der Waals surface area contributed by atoms with Gasteiger partial charge in [0, 0.05) is 6.04 Å². The summed E-state index contributed by atoms with van der Waals surface area (Å²) in [5, 5.41) is 9.25. The number of hydrogen-bond donors (Lipinski definition) is 2. The van der Waals surface area contributed by atoms with Crippen LogP contribution in [-0.2, 0) is 4.79 Å². The molecule has 1 saturated carbocycles. The Morgan fingerprint density at radius 1 is 1.54 bits per heavy atom. The molecule has 1 aliphatic rings. The number of nitrogens with two attached hydrogens (primary N) is 1. The molecule has 0 unspecified atom stereocenters. The number of hydrogen-bond acceptors (Lipinski definition) is 2. The summed E-state index contributed by atoms with van der Waals surface area (Å²) < 4.78 is 0. The molecule has 0 aromatic carbocycles. The average molecular weight is 185 g/mol. The molecule has 0 heterocycles. The van der Waals surface area contributed by atoms with Gasteiger partial charge in [0.15, 0.2) is 0 Å². The van der Waals surface area contributed by atoms with Gasteiger partial charge in [-0.1, -0.05) is 26.7 Å². The fraction of sp³-hybridized carbons (Fsp3) is 0.900. The summed E-state index contributed by atoms with van der Waals surface area (Å²) in [6, 6.07) is -0.168. The van der Waals surface area contributed by atoms with Gasteiger partial charge in [0.25, 0.3) is 0 Å². The second kappa shape index (κ2) is 3.66. The molecule has 0 amide bonds. The zero-order chi connectivity index (χ0) is 10.1. The summed E-state index contributed by atoms with van der Waals surface area (Å²) in [5.74, 6) is -0.588. The summed E-state index contributed by atoms with van der Waals surface area (Å²) in [5.41, 5.74) is 5.27. The predicted octanol–water partition coefficient (Wildman–Crippen LogP) is 1.61. The summed E-state index contributed by atoms with van der Waals surface area (Å²) in [4.78, 5) is 11.2. The van der Waals surface area contributed by atoms with E-state index < -0.39 is 11.4 Å². The molecule has 1 aliphatic carbocycles. The molecule has 0 aromatic heterocycles. The Kier molecular flexibility index (Phi) is 2.96. The summed E-state index contributed by atoms with van der Waals surface area (Å²) in [6.07, 6.45) is 3.66. The van der Waals surface area contributed by atoms with Gasteiger partial charge in [0.05, 0.1) is 5.41 Å². The smallest absolute Gasteiger partial charge is 0.311 e. The standard InChI is InChI=1S/C10H19NO2/c1-7(2)10(9(12)13)6-4-3-5-8(10)11/h7-8H,3-6,11H2,1-2H3,(H,12,13)/t8-,10+/m1/s1. The highest BCUT2D eigenvalue weighted by Crippen LogP contribution is 2.41. The van der Waals surface area contributed by atoms with E-state index in [0.717, 1.165) is 25.7 Å². The van der Waals surface area contributed by atoms with Crippen LogP contribution in [0.2, 0.25) is 0 Å². The third kappa shape index (κ3) is 1.57. The second-order valence-electron chi connectivity index (χ2n) is 4.35. The summed E-state index contributed by atoms with van der Waals surface area (Å²) in [7, 11) is 0. The molecule has 0 aromatic rings. The molecule has 76 valence electrons. The summed E-state index contributed by atoms with van der Waals surface area (Å²) >= 11 is 0. The monoisotopic (exact) mass is 185 g/mol. The van der Waals surface area contributed by atoms with Crippen LogP contribution in [0.5, 0.6) is 0 Å². The Morgan fingerprint density at radius 3 is 2.46 bits per heavy atom. The molecule has 0 aliphatic heterocycles. The van der Waals surface area contributed by atoms with Crippen LogP contribution in [0.25, 0.3) is 0 Å². The van der Waals surface area contributed by atoms with Crippen LogP contribution in [0.3, 0.4) is 0 Å². The van der Waals surface area contributed by atoms with Crippen LogP contribution in [-0.4, -0.2) is 17.1 Å². The van der Waals surface area contributed by atoms with Crippen LogP contribution < -0.4 is 5.73 Å². The summed E-state index contributed by atoms with van der Waals surface area (Å²) in [6.45, 7) is 3.92. The maximum atomic E-state index is 11.2. The van der Waals surface area contributed by atoms with Crippen LogP contribution in [0, 0.1) is 11.3 Å². The lowest BCUT2D eigenvalue weighted by Gasteiger charge is -2.41. The SMILES string of the molecule is CC(C)[C@@]1(C(=O)O)CCCC[C@H]1N. The topological polar surface area (TPSA) is 63.3 Å². The first-order chi connectivity index (χ1) is 6.01. The lowest BCUT2D eigenvalue weighted by molar-refractivity contribution is -0.155. The normalized spacial score (nSPS) is 34.9. The minimum absolute atomic E-state index is 0.125. The first-order valence-electron chi connectivity index (χ1n) is 5.00. The Hall–Kier alpha value is -0.570.